The average Bonchev–Trinajstić information content (AvgIpc) is 2.79. The van der Waals surface area contributed by atoms with E-state index in [4.69, 9.17) is 5.73 Å². The summed E-state index contributed by atoms with van der Waals surface area (Å²) in [4.78, 5) is 12.0. The van der Waals surface area contributed by atoms with E-state index in [1.54, 1.807) is 0 Å². The molecule has 1 amide bonds. The van der Waals surface area contributed by atoms with E-state index in [9.17, 15) is 4.79 Å². The third kappa shape index (κ3) is 4.79. The van der Waals surface area contributed by atoms with Gasteiger partial charge in [-0.2, -0.15) is 0 Å². The van der Waals surface area contributed by atoms with Crippen LogP contribution in [0.4, 0.5) is 0 Å². The van der Waals surface area contributed by atoms with Gasteiger partial charge in [-0.3, -0.25) is 4.79 Å². The first-order valence-corrected chi connectivity index (χ1v) is 7.22. The molecule has 2 unspecified atom stereocenters. The van der Waals surface area contributed by atoms with Gasteiger partial charge >= 0.3 is 0 Å². The smallest absolute Gasteiger partial charge is 0.224 e. The fraction of sp³-hybridized carbons (Fsp3) is 0.500. The molecule has 1 aromatic rings. The second-order valence-electron chi connectivity index (χ2n) is 4.90. The second kappa shape index (κ2) is 7.88. The number of hydrogen-bond acceptors (Lipinski definition) is 2. The van der Waals surface area contributed by atoms with Crippen molar-refractivity contribution in [2.45, 2.75) is 31.7 Å². The predicted molar refractivity (Wildman–Crippen MR) is 83.4 cm³/mol. The maximum Gasteiger partial charge on any atom is 0.224 e. The van der Waals surface area contributed by atoms with Crippen molar-refractivity contribution in [3.8, 4) is 0 Å². The summed E-state index contributed by atoms with van der Waals surface area (Å²) in [6, 6.07) is 8.14. The van der Waals surface area contributed by atoms with E-state index in [-0.39, 0.29) is 24.4 Å². The Labute approximate surface area is 128 Å². The number of halogens is 2. The van der Waals surface area contributed by atoms with Crippen LogP contribution in [0.1, 0.15) is 24.8 Å². The van der Waals surface area contributed by atoms with Gasteiger partial charge in [0.25, 0.3) is 0 Å². The van der Waals surface area contributed by atoms with Crippen molar-refractivity contribution in [3.63, 3.8) is 0 Å². The molecule has 1 aliphatic rings. The van der Waals surface area contributed by atoms with Gasteiger partial charge in [-0.1, -0.05) is 34.5 Å². The lowest BCUT2D eigenvalue weighted by Crippen LogP contribution is -2.40. The van der Waals surface area contributed by atoms with E-state index in [0.717, 1.165) is 22.9 Å². The summed E-state index contributed by atoms with van der Waals surface area (Å²) < 4.78 is 1.03. The summed E-state index contributed by atoms with van der Waals surface area (Å²) in [5.41, 5.74) is 6.75. The second-order valence-corrected chi connectivity index (χ2v) is 5.82. The number of rotatable bonds is 4. The first-order chi connectivity index (χ1) is 8.69. The van der Waals surface area contributed by atoms with Gasteiger partial charge in [0.05, 0.1) is 6.42 Å². The lowest BCUT2D eigenvalue weighted by atomic mass is 10.0. The molecule has 2 atom stereocenters. The van der Waals surface area contributed by atoms with Crippen molar-refractivity contribution in [1.82, 2.24) is 5.32 Å². The van der Waals surface area contributed by atoms with Crippen LogP contribution in [-0.4, -0.2) is 18.5 Å². The lowest BCUT2D eigenvalue weighted by Gasteiger charge is -2.19. The molecule has 0 aromatic heterocycles. The van der Waals surface area contributed by atoms with Crippen molar-refractivity contribution < 1.29 is 4.79 Å². The third-order valence-corrected chi connectivity index (χ3v) is 4.11. The molecule has 1 fully saturated rings. The molecule has 0 radical (unpaired) electrons. The minimum atomic E-state index is 0. The molecule has 3 N–H and O–H groups in total. The van der Waals surface area contributed by atoms with Gasteiger partial charge in [-0.05, 0) is 43.0 Å². The molecule has 1 aromatic carbocycles. The molecule has 1 saturated carbocycles. The Morgan fingerprint density at radius 1 is 1.32 bits per heavy atom. The molecule has 0 saturated heterocycles. The van der Waals surface area contributed by atoms with Crippen LogP contribution in [0.15, 0.2) is 28.7 Å². The summed E-state index contributed by atoms with van der Waals surface area (Å²) in [5.74, 6) is 0.557. The molecular formula is C14H20BrClN2O. The molecule has 19 heavy (non-hydrogen) atoms. The van der Waals surface area contributed by atoms with Gasteiger partial charge in [0.15, 0.2) is 0 Å². The van der Waals surface area contributed by atoms with Gasteiger partial charge in [0.2, 0.25) is 5.91 Å². The van der Waals surface area contributed by atoms with Crippen molar-refractivity contribution in [2.75, 3.05) is 6.54 Å². The molecule has 106 valence electrons. The van der Waals surface area contributed by atoms with Gasteiger partial charge in [-0.25, -0.2) is 0 Å². The molecule has 5 heteroatoms. The Hall–Kier alpha value is -0.580. The van der Waals surface area contributed by atoms with Crippen molar-refractivity contribution in [1.29, 1.82) is 0 Å². The van der Waals surface area contributed by atoms with E-state index in [2.05, 4.69) is 21.2 Å². The van der Waals surface area contributed by atoms with Gasteiger partial charge in [-0.15, -0.1) is 12.4 Å². The molecule has 3 nitrogen and oxygen atoms in total. The number of benzene rings is 1. The Bertz CT molecular complexity index is 410. The highest BCUT2D eigenvalue weighted by molar-refractivity contribution is 9.10. The highest BCUT2D eigenvalue weighted by Gasteiger charge is 2.27. The molecule has 0 bridgehead atoms. The summed E-state index contributed by atoms with van der Waals surface area (Å²) in [7, 11) is 0. The van der Waals surface area contributed by atoms with E-state index < -0.39 is 0 Å². The summed E-state index contributed by atoms with van der Waals surface area (Å²) in [5, 5.41) is 3.11. The first-order valence-electron chi connectivity index (χ1n) is 6.43. The quantitative estimate of drug-likeness (QED) is 0.880. The van der Waals surface area contributed by atoms with Crippen molar-refractivity contribution in [2.24, 2.45) is 11.7 Å². The molecular weight excluding hydrogens is 328 g/mol. The number of carbonyl (C=O) groups excluding carboxylic acids is 1. The number of hydrogen-bond donors (Lipinski definition) is 2. The zero-order chi connectivity index (χ0) is 13.0. The molecule has 0 spiro atoms. The largest absolute Gasteiger partial charge is 0.353 e. The third-order valence-electron chi connectivity index (χ3n) is 3.59. The van der Waals surface area contributed by atoms with Gasteiger partial charge < -0.3 is 11.1 Å². The number of nitrogens with two attached hydrogens (primary N) is 1. The first kappa shape index (κ1) is 16.5. The Morgan fingerprint density at radius 2 is 2.00 bits per heavy atom. The van der Waals surface area contributed by atoms with E-state index in [1.165, 1.54) is 6.42 Å². The fourth-order valence-electron chi connectivity index (χ4n) is 2.55. The zero-order valence-corrected chi connectivity index (χ0v) is 13.2. The maximum absolute atomic E-state index is 12.0. The Kier molecular flexibility index (Phi) is 6.83. The summed E-state index contributed by atoms with van der Waals surface area (Å²) in [6.07, 6.45) is 3.82. The van der Waals surface area contributed by atoms with Crippen LogP contribution >= 0.6 is 28.3 Å². The molecule has 2 rings (SSSR count). The molecule has 1 aliphatic carbocycles. The van der Waals surface area contributed by atoms with Crippen LogP contribution in [0.5, 0.6) is 0 Å². The van der Waals surface area contributed by atoms with Gasteiger partial charge in [0.1, 0.15) is 0 Å². The van der Waals surface area contributed by atoms with Gasteiger partial charge in [0, 0.05) is 10.5 Å². The topological polar surface area (TPSA) is 55.1 Å². The van der Waals surface area contributed by atoms with Crippen molar-refractivity contribution in [3.05, 3.63) is 34.3 Å². The normalized spacial score (nSPS) is 21.8. The summed E-state index contributed by atoms with van der Waals surface area (Å²) >= 11 is 3.39. The van der Waals surface area contributed by atoms with Crippen molar-refractivity contribution >= 4 is 34.2 Å². The number of amides is 1. The minimum absolute atomic E-state index is 0. The summed E-state index contributed by atoms with van der Waals surface area (Å²) in [6.45, 7) is 0.670. The van der Waals surface area contributed by atoms with Crippen LogP contribution in [0.25, 0.3) is 0 Å². The Balaban J connectivity index is 0.00000180. The van der Waals surface area contributed by atoms with E-state index in [0.29, 0.717) is 18.9 Å². The van der Waals surface area contributed by atoms with Crippen LogP contribution in [0.2, 0.25) is 0 Å². The number of nitrogens with one attached hydrogen (secondary N) is 1. The fourth-order valence-corrected chi connectivity index (χ4v) is 2.82. The van der Waals surface area contributed by atoms with Crippen LogP contribution in [-0.2, 0) is 11.2 Å². The monoisotopic (exact) mass is 346 g/mol. The highest BCUT2D eigenvalue weighted by atomic mass is 79.9. The van der Waals surface area contributed by atoms with Crippen LogP contribution in [0, 0.1) is 5.92 Å². The lowest BCUT2D eigenvalue weighted by molar-refractivity contribution is -0.121. The molecule has 0 heterocycles. The number of carbonyl (C=O) groups is 1. The van der Waals surface area contributed by atoms with E-state index >= 15 is 0 Å². The standard InChI is InChI=1S/C14H19BrN2O.ClH/c15-12-6-4-10(5-7-12)8-14(18)17-13-3-1-2-11(13)9-16;/h4-7,11,13H,1-3,8-9,16H2,(H,17,18);1H. The average molecular weight is 348 g/mol. The van der Waals surface area contributed by atoms with Crippen LogP contribution < -0.4 is 11.1 Å². The SMILES string of the molecule is Cl.NCC1CCCC1NC(=O)Cc1ccc(Br)cc1. The maximum atomic E-state index is 12.0. The molecule has 0 aliphatic heterocycles. The zero-order valence-electron chi connectivity index (χ0n) is 10.8. The predicted octanol–water partition coefficient (Wildman–Crippen LogP) is 2.66. The van der Waals surface area contributed by atoms with Crippen LogP contribution in [0.3, 0.4) is 0 Å². The highest BCUT2D eigenvalue weighted by Crippen LogP contribution is 2.24. The van der Waals surface area contributed by atoms with E-state index in [1.807, 2.05) is 24.3 Å². The minimum Gasteiger partial charge on any atom is -0.353 e. The Morgan fingerprint density at radius 3 is 2.63 bits per heavy atom.